The topological polar surface area (TPSA) is 61.8 Å². The van der Waals surface area contributed by atoms with Gasteiger partial charge < -0.3 is 10.2 Å². The maximum Gasteiger partial charge on any atom is 0.198 e. The quantitative estimate of drug-likeness (QED) is 0.635. The summed E-state index contributed by atoms with van der Waals surface area (Å²) in [5.74, 6) is 2.45. The summed E-state index contributed by atoms with van der Waals surface area (Å²) in [6.45, 7) is 2.52. The Morgan fingerprint density at radius 3 is 2.70 bits per heavy atom. The van der Waals surface area contributed by atoms with Crippen molar-refractivity contribution in [3.8, 4) is 0 Å². The summed E-state index contributed by atoms with van der Waals surface area (Å²) >= 11 is 0. The van der Waals surface area contributed by atoms with E-state index in [-0.39, 0.29) is 5.92 Å². The lowest BCUT2D eigenvalue weighted by Crippen LogP contribution is -2.43. The molecule has 5 nitrogen and oxygen atoms in total. The standard InChI is InChI=1S/C21H31N3O2S/c25-27(26)13-11-18(16-27)15-23-21(22-14-17-6-2-1-3-7-17)24-12-10-19-8-4-5-9-20(19)24/h4-5,8-9,17-18H,1-3,6-7,10-16H2,(H,22,23). The zero-order valence-electron chi connectivity index (χ0n) is 16.1. The van der Waals surface area contributed by atoms with E-state index in [1.165, 1.54) is 43.4 Å². The second-order valence-electron chi connectivity index (χ2n) is 8.35. The Kier molecular flexibility index (Phi) is 5.71. The second kappa shape index (κ2) is 8.21. The largest absolute Gasteiger partial charge is 0.356 e. The van der Waals surface area contributed by atoms with Crippen molar-refractivity contribution in [3.63, 3.8) is 0 Å². The average molecular weight is 390 g/mol. The highest BCUT2D eigenvalue weighted by molar-refractivity contribution is 7.91. The van der Waals surface area contributed by atoms with Crippen LogP contribution in [0.1, 0.15) is 44.1 Å². The fourth-order valence-corrected chi connectivity index (χ4v) is 6.50. The highest BCUT2D eigenvalue weighted by atomic mass is 32.2. The van der Waals surface area contributed by atoms with Crippen LogP contribution in [0.25, 0.3) is 0 Å². The molecular weight excluding hydrogens is 358 g/mol. The van der Waals surface area contributed by atoms with Crippen molar-refractivity contribution in [1.82, 2.24) is 5.32 Å². The van der Waals surface area contributed by atoms with Crippen LogP contribution < -0.4 is 10.2 Å². The van der Waals surface area contributed by atoms with Gasteiger partial charge in [-0.2, -0.15) is 0 Å². The van der Waals surface area contributed by atoms with Crippen molar-refractivity contribution in [1.29, 1.82) is 0 Å². The van der Waals surface area contributed by atoms with E-state index in [2.05, 4.69) is 34.5 Å². The highest BCUT2D eigenvalue weighted by Gasteiger charge is 2.29. The molecule has 2 heterocycles. The van der Waals surface area contributed by atoms with E-state index in [9.17, 15) is 8.42 Å². The molecule has 1 aliphatic carbocycles. The molecule has 148 valence electrons. The number of fused-ring (bicyclic) bond motifs is 1. The van der Waals surface area contributed by atoms with Crippen LogP contribution in [0, 0.1) is 11.8 Å². The number of hydrogen-bond acceptors (Lipinski definition) is 3. The SMILES string of the molecule is O=S1(=O)CCC(CN=C(NCC2CCCCC2)N2CCc3ccccc32)C1. The zero-order valence-corrected chi connectivity index (χ0v) is 16.9. The molecule has 4 rings (SSSR count). The van der Waals surface area contributed by atoms with E-state index in [4.69, 9.17) is 4.99 Å². The molecule has 0 amide bonds. The van der Waals surface area contributed by atoms with Gasteiger partial charge in [-0.25, -0.2) is 8.42 Å². The molecule has 0 bridgehead atoms. The number of aliphatic imine (C=N–C) groups is 1. The van der Waals surface area contributed by atoms with Crippen molar-refractivity contribution in [2.45, 2.75) is 44.9 Å². The van der Waals surface area contributed by atoms with Gasteiger partial charge in [0.1, 0.15) is 0 Å². The van der Waals surface area contributed by atoms with Crippen LogP contribution in [0.4, 0.5) is 5.69 Å². The van der Waals surface area contributed by atoms with E-state index in [0.29, 0.717) is 18.1 Å². The van der Waals surface area contributed by atoms with Crippen LogP contribution in [0.5, 0.6) is 0 Å². The van der Waals surface area contributed by atoms with Gasteiger partial charge in [0, 0.05) is 25.3 Å². The van der Waals surface area contributed by atoms with Gasteiger partial charge in [0.25, 0.3) is 0 Å². The van der Waals surface area contributed by atoms with Crippen LogP contribution in [0.2, 0.25) is 0 Å². The lowest BCUT2D eigenvalue weighted by atomic mass is 9.89. The number of sulfone groups is 1. The molecule has 0 spiro atoms. The van der Waals surface area contributed by atoms with Gasteiger partial charge in [0.2, 0.25) is 0 Å². The molecule has 1 saturated carbocycles. The first-order valence-corrected chi connectivity index (χ1v) is 12.3. The molecule has 1 aromatic carbocycles. The Morgan fingerprint density at radius 2 is 1.93 bits per heavy atom. The second-order valence-corrected chi connectivity index (χ2v) is 10.6. The smallest absolute Gasteiger partial charge is 0.198 e. The van der Waals surface area contributed by atoms with Crippen LogP contribution in [0.15, 0.2) is 29.3 Å². The van der Waals surface area contributed by atoms with Gasteiger partial charge in [0.15, 0.2) is 15.8 Å². The predicted molar refractivity (Wildman–Crippen MR) is 111 cm³/mol. The van der Waals surface area contributed by atoms with E-state index >= 15 is 0 Å². The number of nitrogens with zero attached hydrogens (tertiary/aromatic N) is 2. The predicted octanol–water partition coefficient (Wildman–Crippen LogP) is 3.01. The molecule has 3 aliphatic rings. The number of hydrogen-bond donors (Lipinski definition) is 1. The molecule has 0 aromatic heterocycles. The fraction of sp³-hybridized carbons (Fsp3) is 0.667. The number of anilines is 1. The molecule has 1 atom stereocenters. The van der Waals surface area contributed by atoms with Gasteiger partial charge in [-0.15, -0.1) is 0 Å². The van der Waals surface area contributed by atoms with Gasteiger partial charge in [-0.05, 0) is 49.1 Å². The van der Waals surface area contributed by atoms with Gasteiger partial charge in [-0.3, -0.25) is 4.99 Å². The first-order chi connectivity index (χ1) is 13.1. The third-order valence-electron chi connectivity index (χ3n) is 6.24. The van der Waals surface area contributed by atoms with Crippen molar-refractivity contribution >= 4 is 21.5 Å². The molecule has 1 aromatic rings. The summed E-state index contributed by atoms with van der Waals surface area (Å²) in [5, 5.41) is 3.64. The molecule has 27 heavy (non-hydrogen) atoms. The number of guanidine groups is 1. The van der Waals surface area contributed by atoms with E-state index in [0.717, 1.165) is 37.8 Å². The molecule has 6 heteroatoms. The maximum atomic E-state index is 11.8. The Labute approximate surface area is 163 Å². The molecule has 1 N–H and O–H groups in total. The number of nitrogens with one attached hydrogen (secondary N) is 1. The monoisotopic (exact) mass is 389 g/mol. The average Bonchev–Trinajstić information content (AvgIpc) is 3.26. The molecule has 2 fully saturated rings. The molecule has 1 saturated heterocycles. The van der Waals surface area contributed by atoms with Gasteiger partial charge in [0.05, 0.1) is 11.5 Å². The molecule has 2 aliphatic heterocycles. The van der Waals surface area contributed by atoms with Crippen LogP contribution >= 0.6 is 0 Å². The lowest BCUT2D eigenvalue weighted by Gasteiger charge is -2.27. The van der Waals surface area contributed by atoms with Crippen molar-refractivity contribution in [2.75, 3.05) is 36.0 Å². The summed E-state index contributed by atoms with van der Waals surface area (Å²) in [7, 11) is -2.84. The summed E-state index contributed by atoms with van der Waals surface area (Å²) in [4.78, 5) is 7.20. The normalized spacial score (nSPS) is 25.6. The summed E-state index contributed by atoms with van der Waals surface area (Å²) in [6, 6.07) is 8.54. The zero-order chi connectivity index (χ0) is 18.7. The number of benzene rings is 1. The van der Waals surface area contributed by atoms with Crippen LogP contribution in [-0.4, -0.2) is 45.5 Å². The summed E-state index contributed by atoms with van der Waals surface area (Å²) in [5.41, 5.74) is 2.61. The van der Waals surface area contributed by atoms with Gasteiger partial charge in [-0.1, -0.05) is 37.5 Å². The van der Waals surface area contributed by atoms with Crippen LogP contribution in [-0.2, 0) is 16.3 Å². The Hall–Kier alpha value is -1.56. The third-order valence-corrected chi connectivity index (χ3v) is 8.08. The number of rotatable bonds is 4. The van der Waals surface area contributed by atoms with Crippen molar-refractivity contribution in [2.24, 2.45) is 16.8 Å². The maximum absolute atomic E-state index is 11.8. The Bertz CT molecular complexity index is 784. The van der Waals surface area contributed by atoms with Crippen molar-refractivity contribution < 1.29 is 8.42 Å². The summed E-state index contributed by atoms with van der Waals surface area (Å²) in [6.07, 6.45) is 8.44. The Morgan fingerprint density at radius 1 is 1.11 bits per heavy atom. The third kappa shape index (κ3) is 4.65. The van der Waals surface area contributed by atoms with Gasteiger partial charge >= 0.3 is 0 Å². The van der Waals surface area contributed by atoms with E-state index in [1.807, 2.05) is 0 Å². The minimum absolute atomic E-state index is 0.166. The minimum atomic E-state index is -2.84. The fourth-order valence-electron chi connectivity index (χ4n) is 4.65. The first kappa shape index (κ1) is 18.8. The van der Waals surface area contributed by atoms with Crippen molar-refractivity contribution in [3.05, 3.63) is 29.8 Å². The molecular formula is C21H31N3O2S. The summed E-state index contributed by atoms with van der Waals surface area (Å²) < 4.78 is 23.5. The minimum Gasteiger partial charge on any atom is -0.356 e. The number of para-hydroxylation sites is 1. The molecule has 0 radical (unpaired) electrons. The van der Waals surface area contributed by atoms with E-state index in [1.54, 1.807) is 0 Å². The highest BCUT2D eigenvalue weighted by Crippen LogP contribution is 2.28. The lowest BCUT2D eigenvalue weighted by molar-refractivity contribution is 0.356. The molecule has 1 unspecified atom stereocenters. The van der Waals surface area contributed by atoms with E-state index < -0.39 is 9.84 Å². The Balaban J connectivity index is 1.47. The first-order valence-electron chi connectivity index (χ1n) is 10.4. The van der Waals surface area contributed by atoms with Crippen LogP contribution in [0.3, 0.4) is 0 Å².